The normalized spacial score (nSPS) is 20.4. The minimum absolute atomic E-state index is 0.206. The molecule has 31 heavy (non-hydrogen) atoms. The number of nitrogens with zero attached hydrogens (tertiary/aromatic N) is 3. The van der Waals surface area contributed by atoms with Crippen molar-refractivity contribution in [1.29, 1.82) is 0 Å². The van der Waals surface area contributed by atoms with E-state index in [1.807, 2.05) is 18.2 Å². The van der Waals surface area contributed by atoms with Crippen LogP contribution in [0.15, 0.2) is 30.3 Å². The maximum Gasteiger partial charge on any atom is 0.411 e. The highest BCUT2D eigenvalue weighted by Gasteiger charge is 2.39. The van der Waals surface area contributed by atoms with E-state index in [1.165, 1.54) is 4.90 Å². The van der Waals surface area contributed by atoms with E-state index in [0.717, 1.165) is 18.8 Å². The van der Waals surface area contributed by atoms with E-state index in [0.29, 0.717) is 32.5 Å². The van der Waals surface area contributed by atoms with E-state index >= 15 is 0 Å². The summed E-state index contributed by atoms with van der Waals surface area (Å²) in [5.74, 6) is -0.755. The van der Waals surface area contributed by atoms with Crippen LogP contribution >= 0.6 is 0 Å². The molecular formula is C23H33N3O5. The Bertz CT molecular complexity index is 784. The Morgan fingerprint density at radius 1 is 1.00 bits per heavy atom. The maximum atomic E-state index is 12.8. The van der Waals surface area contributed by atoms with Crippen molar-refractivity contribution >= 4 is 23.7 Å². The second-order valence-electron chi connectivity index (χ2n) is 9.06. The van der Waals surface area contributed by atoms with Crippen LogP contribution in [0.5, 0.6) is 0 Å². The number of esters is 1. The molecule has 1 aromatic carbocycles. The molecule has 2 atom stereocenters. The predicted octanol–water partition coefficient (Wildman–Crippen LogP) is 2.67. The lowest BCUT2D eigenvalue weighted by molar-refractivity contribution is -0.162. The molecule has 0 aliphatic carbocycles. The van der Waals surface area contributed by atoms with E-state index in [1.54, 1.807) is 32.6 Å². The van der Waals surface area contributed by atoms with Crippen molar-refractivity contribution in [1.82, 2.24) is 9.80 Å². The van der Waals surface area contributed by atoms with E-state index in [-0.39, 0.29) is 5.91 Å². The van der Waals surface area contributed by atoms with Crippen LogP contribution in [0, 0.1) is 0 Å². The number of rotatable bonds is 4. The number of carbonyl (C=O) groups excluding carboxylic acids is 3. The average Bonchev–Trinajstić information content (AvgIpc) is 3.23. The fourth-order valence-corrected chi connectivity index (χ4v) is 3.93. The molecule has 170 valence electrons. The zero-order chi connectivity index (χ0) is 22.6. The van der Waals surface area contributed by atoms with Crippen molar-refractivity contribution in [3.05, 3.63) is 30.3 Å². The lowest BCUT2D eigenvalue weighted by atomic mass is 10.2. The number of hydrogen-bond donors (Lipinski definition) is 0. The summed E-state index contributed by atoms with van der Waals surface area (Å²) in [6, 6.07) is 9.38. The Labute approximate surface area is 184 Å². The molecule has 2 heterocycles. The Morgan fingerprint density at radius 2 is 1.65 bits per heavy atom. The zero-order valence-corrected chi connectivity index (χ0v) is 18.9. The molecule has 2 fully saturated rings. The highest BCUT2D eigenvalue weighted by atomic mass is 16.6. The van der Waals surface area contributed by atoms with Crippen molar-refractivity contribution in [3.8, 4) is 0 Å². The second kappa shape index (κ2) is 9.58. The molecule has 0 N–H and O–H groups in total. The summed E-state index contributed by atoms with van der Waals surface area (Å²) >= 11 is 0. The van der Waals surface area contributed by atoms with E-state index in [2.05, 4.69) is 17.0 Å². The molecule has 0 radical (unpaired) electrons. The first-order valence-electron chi connectivity index (χ1n) is 10.9. The van der Waals surface area contributed by atoms with Crippen molar-refractivity contribution in [2.45, 2.75) is 58.3 Å². The molecule has 8 nitrogen and oxygen atoms in total. The first-order chi connectivity index (χ1) is 14.7. The lowest BCUT2D eigenvalue weighted by Crippen LogP contribution is -2.52. The van der Waals surface area contributed by atoms with E-state index < -0.39 is 29.8 Å². The fourth-order valence-electron chi connectivity index (χ4n) is 3.93. The first kappa shape index (κ1) is 22.9. The van der Waals surface area contributed by atoms with Gasteiger partial charge in [-0.1, -0.05) is 18.2 Å². The second-order valence-corrected chi connectivity index (χ2v) is 9.06. The van der Waals surface area contributed by atoms with Crippen LogP contribution in [0.1, 0.15) is 40.5 Å². The minimum atomic E-state index is -0.892. The topological polar surface area (TPSA) is 79.4 Å². The monoisotopic (exact) mass is 431 g/mol. The van der Waals surface area contributed by atoms with E-state index in [9.17, 15) is 14.4 Å². The number of benzene rings is 1. The van der Waals surface area contributed by atoms with Crippen LogP contribution in [-0.4, -0.2) is 78.2 Å². The largest absolute Gasteiger partial charge is 0.451 e. The molecule has 0 spiro atoms. The molecule has 2 amide bonds. The summed E-state index contributed by atoms with van der Waals surface area (Å²) in [5.41, 5.74) is 0.497. The third kappa shape index (κ3) is 5.89. The van der Waals surface area contributed by atoms with Crippen molar-refractivity contribution in [2.75, 3.05) is 37.6 Å². The van der Waals surface area contributed by atoms with Gasteiger partial charge in [0.15, 0.2) is 6.10 Å². The van der Waals surface area contributed by atoms with Gasteiger partial charge in [0.2, 0.25) is 0 Å². The van der Waals surface area contributed by atoms with Crippen LogP contribution < -0.4 is 4.90 Å². The Kier molecular flexibility index (Phi) is 7.08. The van der Waals surface area contributed by atoms with Gasteiger partial charge in [-0.3, -0.25) is 9.69 Å². The first-order valence-corrected chi connectivity index (χ1v) is 10.9. The number of ether oxygens (including phenoxy) is 2. The Balaban J connectivity index is 1.51. The van der Waals surface area contributed by atoms with Crippen LogP contribution in [0.25, 0.3) is 0 Å². The summed E-state index contributed by atoms with van der Waals surface area (Å²) in [5, 5.41) is 0. The third-order valence-corrected chi connectivity index (χ3v) is 5.51. The summed E-state index contributed by atoms with van der Waals surface area (Å²) in [4.78, 5) is 43.3. The number of likely N-dealkylation sites (tertiary alicyclic amines) is 1. The summed E-state index contributed by atoms with van der Waals surface area (Å²) < 4.78 is 10.9. The molecule has 2 aliphatic rings. The van der Waals surface area contributed by atoms with E-state index in [4.69, 9.17) is 9.47 Å². The molecule has 2 saturated heterocycles. The number of hydrogen-bond acceptors (Lipinski definition) is 6. The number of amides is 2. The molecule has 2 aliphatic heterocycles. The van der Waals surface area contributed by atoms with Gasteiger partial charge in [-0.2, -0.15) is 0 Å². The highest BCUT2D eigenvalue weighted by Crippen LogP contribution is 2.23. The van der Waals surface area contributed by atoms with Gasteiger partial charge in [0, 0.05) is 38.4 Å². The summed E-state index contributed by atoms with van der Waals surface area (Å²) in [6.45, 7) is 9.99. The van der Waals surface area contributed by atoms with Gasteiger partial charge in [0.05, 0.1) is 0 Å². The summed E-state index contributed by atoms with van der Waals surface area (Å²) in [6.07, 6.45) is -0.211. The van der Waals surface area contributed by atoms with Crippen molar-refractivity contribution in [2.24, 2.45) is 0 Å². The lowest BCUT2D eigenvalue weighted by Gasteiger charge is -2.37. The maximum absolute atomic E-state index is 12.8. The third-order valence-electron chi connectivity index (χ3n) is 5.51. The van der Waals surface area contributed by atoms with Crippen LogP contribution in [0.2, 0.25) is 0 Å². The SMILES string of the molecule is C[C@H](OC(=O)[C@@H]1CCCN1C(=O)OC(C)(C)C)C(=O)N1CCN(c2ccccc2)CC1. The number of para-hydroxylation sites is 1. The van der Waals surface area contributed by atoms with Crippen molar-refractivity contribution < 1.29 is 23.9 Å². The standard InChI is InChI=1S/C23H33N3O5/c1-17(20(27)25-15-13-24(14-16-25)18-9-6-5-7-10-18)30-21(28)19-11-8-12-26(19)22(29)31-23(2,3)4/h5-7,9-10,17,19H,8,11-16H2,1-4H3/t17-,19-/m0/s1. The van der Waals surface area contributed by atoms with Gasteiger partial charge >= 0.3 is 12.1 Å². The molecule has 3 rings (SSSR count). The van der Waals surface area contributed by atoms with Crippen LogP contribution in [0.3, 0.4) is 0 Å². The molecule has 0 unspecified atom stereocenters. The molecule has 0 aromatic heterocycles. The van der Waals surface area contributed by atoms with Gasteiger partial charge in [-0.05, 0) is 52.7 Å². The fraction of sp³-hybridized carbons (Fsp3) is 0.609. The van der Waals surface area contributed by atoms with Gasteiger partial charge in [0.25, 0.3) is 5.91 Å². The Hall–Kier alpha value is -2.77. The summed E-state index contributed by atoms with van der Waals surface area (Å²) in [7, 11) is 0. The highest BCUT2D eigenvalue weighted by molar-refractivity contribution is 5.87. The molecular weight excluding hydrogens is 398 g/mol. The van der Waals surface area contributed by atoms with Crippen molar-refractivity contribution in [3.63, 3.8) is 0 Å². The van der Waals surface area contributed by atoms with Crippen LogP contribution in [-0.2, 0) is 19.1 Å². The van der Waals surface area contributed by atoms with Gasteiger partial charge < -0.3 is 19.3 Å². The number of piperazine rings is 1. The molecule has 0 bridgehead atoms. The smallest absolute Gasteiger partial charge is 0.411 e. The predicted molar refractivity (Wildman–Crippen MR) is 117 cm³/mol. The average molecular weight is 432 g/mol. The zero-order valence-electron chi connectivity index (χ0n) is 18.9. The quantitative estimate of drug-likeness (QED) is 0.682. The number of carbonyl (C=O) groups is 3. The molecule has 1 aromatic rings. The van der Waals surface area contributed by atoms with Gasteiger partial charge in [0.1, 0.15) is 11.6 Å². The number of anilines is 1. The van der Waals surface area contributed by atoms with Gasteiger partial charge in [-0.15, -0.1) is 0 Å². The Morgan fingerprint density at radius 3 is 2.26 bits per heavy atom. The van der Waals surface area contributed by atoms with Crippen LogP contribution in [0.4, 0.5) is 10.5 Å². The van der Waals surface area contributed by atoms with Gasteiger partial charge in [-0.25, -0.2) is 9.59 Å². The minimum Gasteiger partial charge on any atom is -0.451 e. The molecule has 0 saturated carbocycles. The molecule has 8 heteroatoms.